The number of nitrogen functional groups attached to an aromatic ring is 1. The predicted octanol–water partition coefficient (Wildman–Crippen LogP) is 2.18. The average molecular weight is 168 g/mol. The number of nitrogens with two attached hydrogens (primary N) is 1. The molecule has 0 spiro atoms. The Kier molecular flexibility index (Phi) is 2.04. The Labute approximate surface area is 71.6 Å². The number of aromatic nitrogens is 1. The summed E-state index contributed by atoms with van der Waals surface area (Å²) in [6.07, 6.45) is 1.57. The Morgan fingerprint density at radius 3 is 2.50 bits per heavy atom. The van der Waals surface area contributed by atoms with Gasteiger partial charge in [-0.1, -0.05) is 0 Å². The SMILES string of the molecule is Cc1ccnc(C(C)(C)F)c1N. The zero-order valence-corrected chi connectivity index (χ0v) is 7.56. The fraction of sp³-hybridized carbons (Fsp3) is 0.444. The van der Waals surface area contributed by atoms with Gasteiger partial charge in [-0.2, -0.15) is 0 Å². The van der Waals surface area contributed by atoms with Crippen LogP contribution in [0.3, 0.4) is 0 Å². The van der Waals surface area contributed by atoms with Gasteiger partial charge in [-0.15, -0.1) is 0 Å². The zero-order chi connectivity index (χ0) is 9.35. The summed E-state index contributed by atoms with van der Waals surface area (Å²) in [4.78, 5) is 3.91. The third-order valence-corrected chi connectivity index (χ3v) is 1.77. The van der Waals surface area contributed by atoms with Gasteiger partial charge < -0.3 is 5.73 Å². The number of hydrogen-bond acceptors (Lipinski definition) is 2. The monoisotopic (exact) mass is 168 g/mol. The summed E-state index contributed by atoms with van der Waals surface area (Å²) in [6, 6.07) is 1.77. The second kappa shape index (κ2) is 2.73. The second-order valence-corrected chi connectivity index (χ2v) is 3.36. The molecule has 0 saturated carbocycles. The van der Waals surface area contributed by atoms with Crippen LogP contribution in [0, 0.1) is 6.92 Å². The van der Waals surface area contributed by atoms with Crippen molar-refractivity contribution in [2.24, 2.45) is 0 Å². The van der Waals surface area contributed by atoms with Gasteiger partial charge in [0.25, 0.3) is 0 Å². The minimum absolute atomic E-state index is 0.322. The standard InChI is InChI=1S/C9H13FN2/c1-6-4-5-12-8(7(6)11)9(2,3)10/h4-5H,11H2,1-3H3. The summed E-state index contributed by atoms with van der Waals surface area (Å²) in [5.74, 6) is 0. The second-order valence-electron chi connectivity index (χ2n) is 3.36. The molecule has 0 atom stereocenters. The van der Waals surface area contributed by atoms with Crippen LogP contribution in [0.15, 0.2) is 12.3 Å². The average Bonchev–Trinajstić information content (AvgIpc) is 1.92. The highest BCUT2D eigenvalue weighted by Crippen LogP contribution is 2.28. The van der Waals surface area contributed by atoms with Crippen LogP contribution in [0.1, 0.15) is 25.1 Å². The van der Waals surface area contributed by atoms with Crippen LogP contribution in [0.5, 0.6) is 0 Å². The largest absolute Gasteiger partial charge is 0.397 e. The van der Waals surface area contributed by atoms with Gasteiger partial charge in [0.2, 0.25) is 0 Å². The van der Waals surface area contributed by atoms with Crippen molar-refractivity contribution in [1.29, 1.82) is 0 Å². The molecule has 0 aliphatic carbocycles. The molecule has 1 aromatic heterocycles. The third kappa shape index (κ3) is 1.55. The maximum absolute atomic E-state index is 13.4. The molecule has 0 fully saturated rings. The van der Waals surface area contributed by atoms with Crippen LogP contribution in [0.2, 0.25) is 0 Å². The molecule has 0 amide bonds. The van der Waals surface area contributed by atoms with Crippen LogP contribution >= 0.6 is 0 Å². The van der Waals surface area contributed by atoms with E-state index in [0.717, 1.165) is 5.56 Å². The van der Waals surface area contributed by atoms with Crippen LogP contribution in [0.4, 0.5) is 10.1 Å². The fourth-order valence-electron chi connectivity index (χ4n) is 1.04. The summed E-state index contributed by atoms with van der Waals surface area (Å²) >= 11 is 0. The molecular weight excluding hydrogens is 155 g/mol. The van der Waals surface area contributed by atoms with Crippen LogP contribution in [0.25, 0.3) is 0 Å². The topological polar surface area (TPSA) is 38.9 Å². The summed E-state index contributed by atoms with van der Waals surface area (Å²) in [5.41, 5.74) is 5.84. The van der Waals surface area contributed by atoms with Gasteiger partial charge in [0.05, 0.1) is 5.69 Å². The molecule has 1 heterocycles. The van der Waals surface area contributed by atoms with E-state index in [4.69, 9.17) is 5.73 Å². The molecule has 2 nitrogen and oxygen atoms in total. The van der Waals surface area contributed by atoms with E-state index in [2.05, 4.69) is 4.98 Å². The van der Waals surface area contributed by atoms with E-state index < -0.39 is 5.67 Å². The molecule has 0 bridgehead atoms. The van der Waals surface area contributed by atoms with Crippen molar-refractivity contribution in [3.63, 3.8) is 0 Å². The van der Waals surface area contributed by atoms with E-state index in [-0.39, 0.29) is 0 Å². The summed E-state index contributed by atoms with van der Waals surface area (Å²) in [5, 5.41) is 0. The van der Waals surface area contributed by atoms with E-state index >= 15 is 0 Å². The molecule has 0 aliphatic rings. The van der Waals surface area contributed by atoms with Gasteiger partial charge in [-0.05, 0) is 32.4 Å². The minimum Gasteiger partial charge on any atom is -0.397 e. The normalized spacial score (nSPS) is 11.7. The minimum atomic E-state index is -1.46. The van der Waals surface area contributed by atoms with Crippen LogP contribution < -0.4 is 5.73 Å². The first-order valence-electron chi connectivity index (χ1n) is 3.83. The number of pyridine rings is 1. The molecule has 0 unspecified atom stereocenters. The Balaban J connectivity index is 3.26. The summed E-state index contributed by atoms with van der Waals surface area (Å²) in [7, 11) is 0. The maximum atomic E-state index is 13.4. The molecule has 0 aromatic carbocycles. The maximum Gasteiger partial charge on any atom is 0.149 e. The van der Waals surface area contributed by atoms with E-state index in [9.17, 15) is 4.39 Å². The lowest BCUT2D eigenvalue weighted by Crippen LogP contribution is -2.15. The van der Waals surface area contributed by atoms with Gasteiger partial charge >= 0.3 is 0 Å². The van der Waals surface area contributed by atoms with Crippen molar-refractivity contribution in [3.05, 3.63) is 23.5 Å². The molecule has 3 heteroatoms. The fourth-order valence-corrected chi connectivity index (χ4v) is 1.04. The number of nitrogens with zero attached hydrogens (tertiary/aromatic N) is 1. The molecular formula is C9H13FN2. The number of alkyl halides is 1. The molecule has 2 N–H and O–H groups in total. The Hall–Kier alpha value is -1.12. The zero-order valence-electron chi connectivity index (χ0n) is 7.56. The lowest BCUT2D eigenvalue weighted by atomic mass is 10.0. The van der Waals surface area contributed by atoms with E-state index in [1.807, 2.05) is 6.92 Å². The highest BCUT2D eigenvalue weighted by molar-refractivity contribution is 5.51. The quantitative estimate of drug-likeness (QED) is 0.698. The highest BCUT2D eigenvalue weighted by atomic mass is 19.1. The number of halogens is 1. The number of anilines is 1. The Morgan fingerprint density at radius 2 is 2.08 bits per heavy atom. The first kappa shape index (κ1) is 8.97. The Morgan fingerprint density at radius 1 is 1.50 bits per heavy atom. The Bertz CT molecular complexity index is 289. The summed E-state index contributed by atoms with van der Waals surface area (Å²) < 4.78 is 13.4. The molecule has 1 rings (SSSR count). The third-order valence-electron chi connectivity index (χ3n) is 1.77. The smallest absolute Gasteiger partial charge is 0.149 e. The first-order valence-corrected chi connectivity index (χ1v) is 3.83. The van der Waals surface area contributed by atoms with Crippen molar-refractivity contribution in [3.8, 4) is 0 Å². The summed E-state index contributed by atoms with van der Waals surface area (Å²) in [6.45, 7) is 4.74. The van der Waals surface area contributed by atoms with Crippen molar-refractivity contribution < 1.29 is 4.39 Å². The van der Waals surface area contributed by atoms with E-state index in [1.165, 1.54) is 13.8 Å². The number of rotatable bonds is 1. The van der Waals surface area contributed by atoms with Gasteiger partial charge in [0.1, 0.15) is 11.4 Å². The molecule has 12 heavy (non-hydrogen) atoms. The van der Waals surface area contributed by atoms with E-state index in [1.54, 1.807) is 12.3 Å². The van der Waals surface area contributed by atoms with Crippen LogP contribution in [-0.4, -0.2) is 4.98 Å². The lowest BCUT2D eigenvalue weighted by Gasteiger charge is -2.16. The van der Waals surface area contributed by atoms with Crippen molar-refractivity contribution in [1.82, 2.24) is 4.98 Å². The van der Waals surface area contributed by atoms with Gasteiger partial charge in [0, 0.05) is 6.20 Å². The predicted molar refractivity (Wildman–Crippen MR) is 47.5 cm³/mol. The van der Waals surface area contributed by atoms with E-state index in [0.29, 0.717) is 11.4 Å². The molecule has 0 saturated heterocycles. The highest BCUT2D eigenvalue weighted by Gasteiger charge is 2.23. The number of aryl methyl sites for hydroxylation is 1. The van der Waals surface area contributed by atoms with Gasteiger partial charge in [0.15, 0.2) is 0 Å². The van der Waals surface area contributed by atoms with Crippen molar-refractivity contribution >= 4 is 5.69 Å². The van der Waals surface area contributed by atoms with Crippen molar-refractivity contribution in [2.45, 2.75) is 26.4 Å². The molecule has 0 radical (unpaired) electrons. The molecule has 1 aromatic rings. The van der Waals surface area contributed by atoms with Gasteiger partial charge in [-0.25, -0.2) is 4.39 Å². The molecule has 0 aliphatic heterocycles. The first-order chi connectivity index (χ1) is 5.43. The lowest BCUT2D eigenvalue weighted by molar-refractivity contribution is 0.215. The molecule has 66 valence electrons. The number of hydrogen-bond donors (Lipinski definition) is 1. The van der Waals surface area contributed by atoms with Crippen molar-refractivity contribution in [2.75, 3.05) is 5.73 Å². The van der Waals surface area contributed by atoms with Gasteiger partial charge in [-0.3, -0.25) is 4.98 Å². The van der Waals surface area contributed by atoms with Crippen LogP contribution in [-0.2, 0) is 5.67 Å².